The molecule has 0 aliphatic carbocycles. The highest BCUT2D eigenvalue weighted by molar-refractivity contribution is 7.99. The summed E-state index contributed by atoms with van der Waals surface area (Å²) < 4.78 is 5.13. The van der Waals surface area contributed by atoms with Crippen molar-refractivity contribution in [3.63, 3.8) is 0 Å². The van der Waals surface area contributed by atoms with Gasteiger partial charge in [-0.05, 0) is 48.3 Å². The van der Waals surface area contributed by atoms with E-state index in [0.717, 1.165) is 30.8 Å². The van der Waals surface area contributed by atoms with Gasteiger partial charge >= 0.3 is 0 Å². The van der Waals surface area contributed by atoms with Crippen molar-refractivity contribution in [2.75, 3.05) is 25.2 Å². The Labute approximate surface area is 148 Å². The fraction of sp³-hybridized carbons (Fsp3) is 0.350. The average molecular weight is 343 g/mol. The van der Waals surface area contributed by atoms with Crippen LogP contribution in [-0.4, -0.2) is 31.1 Å². The summed E-state index contributed by atoms with van der Waals surface area (Å²) in [5.41, 5.74) is 2.56. The van der Waals surface area contributed by atoms with Crippen LogP contribution in [0.2, 0.25) is 0 Å². The maximum Gasteiger partial charge on any atom is 0.230 e. The number of thioether (sulfide) groups is 1. The molecule has 0 atom stereocenters. The Kier molecular flexibility index (Phi) is 8.25. The molecule has 0 aliphatic rings. The van der Waals surface area contributed by atoms with Crippen molar-refractivity contribution in [3.8, 4) is 5.75 Å². The number of methoxy groups -OCH3 is 1. The largest absolute Gasteiger partial charge is 0.497 e. The van der Waals surface area contributed by atoms with Crippen LogP contribution in [0.3, 0.4) is 0 Å². The third-order valence-corrected chi connectivity index (χ3v) is 4.77. The molecule has 0 fully saturated rings. The first-order valence-electron chi connectivity index (χ1n) is 8.29. The van der Waals surface area contributed by atoms with Crippen LogP contribution in [0.5, 0.6) is 5.75 Å². The van der Waals surface area contributed by atoms with Gasteiger partial charge in [0.05, 0.1) is 12.9 Å². The van der Waals surface area contributed by atoms with Crippen molar-refractivity contribution in [2.45, 2.75) is 19.3 Å². The van der Waals surface area contributed by atoms with Crippen LogP contribution in [0, 0.1) is 0 Å². The predicted molar refractivity (Wildman–Crippen MR) is 102 cm³/mol. The molecule has 24 heavy (non-hydrogen) atoms. The second-order valence-electron chi connectivity index (χ2n) is 5.59. The molecule has 0 aromatic heterocycles. The SMILES string of the molecule is COc1ccc(CCNC(=O)CSCCCc2ccccc2)cc1. The van der Waals surface area contributed by atoms with Gasteiger partial charge < -0.3 is 10.1 Å². The third kappa shape index (κ3) is 7.09. The molecule has 1 amide bonds. The molecule has 2 aromatic rings. The summed E-state index contributed by atoms with van der Waals surface area (Å²) in [6.07, 6.45) is 3.02. The zero-order valence-corrected chi connectivity index (χ0v) is 15.0. The van der Waals surface area contributed by atoms with Crippen molar-refractivity contribution in [1.29, 1.82) is 0 Å². The fourth-order valence-corrected chi connectivity index (χ4v) is 3.16. The molecule has 0 saturated heterocycles. The molecule has 3 nitrogen and oxygen atoms in total. The van der Waals surface area contributed by atoms with Gasteiger partial charge in [0.15, 0.2) is 0 Å². The highest BCUT2D eigenvalue weighted by atomic mass is 32.2. The zero-order chi connectivity index (χ0) is 17.0. The maximum absolute atomic E-state index is 11.8. The number of nitrogens with one attached hydrogen (secondary N) is 1. The Balaban J connectivity index is 1.51. The van der Waals surface area contributed by atoms with E-state index in [0.29, 0.717) is 12.3 Å². The maximum atomic E-state index is 11.8. The quantitative estimate of drug-likeness (QED) is 0.668. The molecule has 2 rings (SSSR count). The molecule has 4 heteroatoms. The molecule has 0 bridgehead atoms. The molecule has 2 aromatic carbocycles. The van der Waals surface area contributed by atoms with Gasteiger partial charge in [-0.1, -0.05) is 42.5 Å². The van der Waals surface area contributed by atoms with Crippen LogP contribution in [0.15, 0.2) is 54.6 Å². The van der Waals surface area contributed by atoms with E-state index in [1.807, 2.05) is 30.3 Å². The second-order valence-corrected chi connectivity index (χ2v) is 6.69. The van der Waals surface area contributed by atoms with Gasteiger partial charge in [-0.15, -0.1) is 0 Å². The number of aryl methyl sites for hydroxylation is 1. The number of hydrogen-bond acceptors (Lipinski definition) is 3. The minimum atomic E-state index is 0.119. The van der Waals surface area contributed by atoms with Gasteiger partial charge in [-0.25, -0.2) is 0 Å². The molecular formula is C20H25NO2S. The smallest absolute Gasteiger partial charge is 0.230 e. The first-order chi connectivity index (χ1) is 11.8. The van der Waals surface area contributed by atoms with E-state index in [9.17, 15) is 4.79 Å². The molecular weight excluding hydrogens is 318 g/mol. The summed E-state index contributed by atoms with van der Waals surface area (Å²) in [6, 6.07) is 18.4. The summed E-state index contributed by atoms with van der Waals surface area (Å²) in [4.78, 5) is 11.8. The number of amides is 1. The summed E-state index contributed by atoms with van der Waals surface area (Å²) >= 11 is 1.70. The summed E-state index contributed by atoms with van der Waals surface area (Å²) in [7, 11) is 1.66. The lowest BCUT2D eigenvalue weighted by molar-refractivity contribution is -0.118. The van der Waals surface area contributed by atoms with Crippen LogP contribution in [0.1, 0.15) is 17.5 Å². The van der Waals surface area contributed by atoms with Crippen molar-refractivity contribution in [3.05, 3.63) is 65.7 Å². The standard InChI is InChI=1S/C20H25NO2S/c1-23-19-11-9-18(10-12-19)13-14-21-20(22)16-24-15-5-8-17-6-3-2-4-7-17/h2-4,6-7,9-12H,5,8,13-16H2,1H3,(H,21,22). The van der Waals surface area contributed by atoms with E-state index < -0.39 is 0 Å². The summed E-state index contributed by atoms with van der Waals surface area (Å²) in [5, 5.41) is 2.98. The monoisotopic (exact) mass is 343 g/mol. The minimum Gasteiger partial charge on any atom is -0.497 e. The van der Waals surface area contributed by atoms with Crippen molar-refractivity contribution in [2.24, 2.45) is 0 Å². The van der Waals surface area contributed by atoms with Crippen LogP contribution >= 0.6 is 11.8 Å². The minimum absolute atomic E-state index is 0.119. The first-order valence-corrected chi connectivity index (χ1v) is 9.44. The van der Waals surface area contributed by atoms with Crippen molar-refractivity contribution >= 4 is 17.7 Å². The normalized spacial score (nSPS) is 10.4. The third-order valence-electron chi connectivity index (χ3n) is 3.73. The fourth-order valence-electron chi connectivity index (χ4n) is 2.38. The molecule has 0 spiro atoms. The van der Waals surface area contributed by atoms with E-state index in [4.69, 9.17) is 4.74 Å². The average Bonchev–Trinajstić information content (AvgIpc) is 2.63. The number of carbonyl (C=O) groups excluding carboxylic acids is 1. The summed E-state index contributed by atoms with van der Waals surface area (Å²) in [6.45, 7) is 0.676. The van der Waals surface area contributed by atoms with Crippen molar-refractivity contribution < 1.29 is 9.53 Å². The van der Waals surface area contributed by atoms with Gasteiger partial charge in [0, 0.05) is 6.54 Å². The molecule has 0 aliphatic heterocycles. The molecule has 0 unspecified atom stereocenters. The zero-order valence-electron chi connectivity index (χ0n) is 14.2. The van der Waals surface area contributed by atoms with Crippen molar-refractivity contribution in [1.82, 2.24) is 5.32 Å². The van der Waals surface area contributed by atoms with Gasteiger partial charge in [-0.3, -0.25) is 4.79 Å². The lowest BCUT2D eigenvalue weighted by Gasteiger charge is -2.06. The van der Waals surface area contributed by atoms with Crippen LogP contribution < -0.4 is 10.1 Å². The lowest BCUT2D eigenvalue weighted by Crippen LogP contribution is -2.27. The van der Waals surface area contributed by atoms with Gasteiger partial charge in [0.1, 0.15) is 5.75 Å². The first kappa shape index (κ1) is 18.4. The lowest BCUT2D eigenvalue weighted by atomic mass is 10.1. The number of ether oxygens (including phenoxy) is 1. The molecule has 0 radical (unpaired) electrons. The topological polar surface area (TPSA) is 38.3 Å². The second kappa shape index (κ2) is 10.8. The van der Waals surface area contributed by atoms with E-state index >= 15 is 0 Å². The number of carbonyl (C=O) groups is 1. The van der Waals surface area contributed by atoms with Gasteiger partial charge in [-0.2, -0.15) is 11.8 Å². The highest BCUT2D eigenvalue weighted by Gasteiger charge is 2.02. The highest BCUT2D eigenvalue weighted by Crippen LogP contribution is 2.11. The van der Waals surface area contributed by atoms with Crippen LogP contribution in [0.25, 0.3) is 0 Å². The molecule has 1 N–H and O–H groups in total. The summed E-state index contributed by atoms with van der Waals surface area (Å²) in [5.74, 6) is 2.53. The van der Waals surface area contributed by atoms with E-state index in [1.165, 1.54) is 11.1 Å². The number of benzene rings is 2. The number of rotatable bonds is 10. The van der Waals surface area contributed by atoms with E-state index in [2.05, 4.69) is 29.6 Å². The Morgan fingerprint density at radius 3 is 2.42 bits per heavy atom. The molecule has 0 saturated carbocycles. The van der Waals surface area contributed by atoms with Gasteiger partial charge in [0.25, 0.3) is 0 Å². The Hall–Kier alpha value is -1.94. The predicted octanol–water partition coefficient (Wildman–Crippen LogP) is 3.72. The van der Waals surface area contributed by atoms with Gasteiger partial charge in [0.2, 0.25) is 5.91 Å². The number of hydrogen-bond donors (Lipinski definition) is 1. The van der Waals surface area contributed by atoms with Crippen LogP contribution in [0.4, 0.5) is 0 Å². The van der Waals surface area contributed by atoms with E-state index in [1.54, 1.807) is 18.9 Å². The molecule has 128 valence electrons. The Morgan fingerprint density at radius 1 is 1.00 bits per heavy atom. The van der Waals surface area contributed by atoms with Crippen LogP contribution in [-0.2, 0) is 17.6 Å². The Bertz CT molecular complexity index is 599. The molecule has 0 heterocycles. The van der Waals surface area contributed by atoms with E-state index in [-0.39, 0.29) is 5.91 Å². The Morgan fingerprint density at radius 2 is 1.71 bits per heavy atom.